The van der Waals surface area contributed by atoms with Crippen LogP contribution in [0.5, 0.6) is 0 Å². The molecule has 0 saturated heterocycles. The molecule has 7 heteroatoms. The average Bonchev–Trinajstić information content (AvgIpc) is 3.08. The van der Waals surface area contributed by atoms with E-state index in [1.54, 1.807) is 0 Å². The maximum Gasteiger partial charge on any atom is 0.269 e. The molecule has 7 nitrogen and oxygen atoms in total. The zero-order chi connectivity index (χ0) is 15.9. The zero-order valence-electron chi connectivity index (χ0n) is 11.5. The number of nitrogens with zero attached hydrogens (tertiary/aromatic N) is 1. The molecule has 2 aliphatic rings. The summed E-state index contributed by atoms with van der Waals surface area (Å²) in [5, 5.41) is 24.5. The van der Waals surface area contributed by atoms with Gasteiger partial charge >= 0.3 is 0 Å². The monoisotopic (exact) mass is 301 g/mol. The van der Waals surface area contributed by atoms with Crippen molar-refractivity contribution in [2.24, 2.45) is 23.7 Å². The molecule has 22 heavy (non-hydrogen) atoms. The molecule has 0 radical (unpaired) electrons. The molecule has 1 N–H and O–H groups in total. The number of nitro groups is 1. The molecule has 1 aromatic carbocycles. The van der Waals surface area contributed by atoms with Crippen LogP contribution in [0.4, 0.5) is 11.4 Å². The lowest BCUT2D eigenvalue weighted by molar-refractivity contribution is -0.384. The Balaban J connectivity index is 1.75. The molecule has 1 aromatic rings. The molecule has 4 atom stereocenters. The number of carboxylic acids is 1. The Hall–Kier alpha value is -2.70. The summed E-state index contributed by atoms with van der Waals surface area (Å²) < 4.78 is 0. The highest BCUT2D eigenvalue weighted by molar-refractivity contribution is 5.96. The molecule has 114 valence electrons. The lowest BCUT2D eigenvalue weighted by atomic mass is 9.82. The van der Waals surface area contributed by atoms with Gasteiger partial charge in [0.2, 0.25) is 5.91 Å². The summed E-state index contributed by atoms with van der Waals surface area (Å²) in [7, 11) is 0. The molecule has 0 aliphatic heterocycles. The number of hydrogen-bond donors (Lipinski definition) is 1. The van der Waals surface area contributed by atoms with E-state index in [1.807, 2.05) is 12.2 Å². The molecular weight excluding hydrogens is 288 g/mol. The fourth-order valence-corrected chi connectivity index (χ4v) is 3.39. The topological polar surface area (TPSA) is 112 Å². The molecule has 3 rings (SSSR count). The Morgan fingerprint density at radius 1 is 1.09 bits per heavy atom. The Bertz CT molecular complexity index is 667. The second-order valence-corrected chi connectivity index (χ2v) is 5.61. The van der Waals surface area contributed by atoms with Gasteiger partial charge in [0.05, 0.1) is 10.8 Å². The van der Waals surface area contributed by atoms with Gasteiger partial charge in [-0.05, 0) is 30.4 Å². The van der Waals surface area contributed by atoms with E-state index in [0.717, 1.165) is 0 Å². The van der Waals surface area contributed by atoms with Crippen LogP contribution in [0, 0.1) is 33.8 Å². The van der Waals surface area contributed by atoms with Crippen LogP contribution in [0.15, 0.2) is 36.4 Å². The SMILES string of the molecule is O=C([O-])[C@@H]1[C@H](C(=O)Nc2ccc([N+](=O)[O-])cc2)[C@@H]2C=C[C@H]1C2. The molecule has 1 amide bonds. The summed E-state index contributed by atoms with van der Waals surface area (Å²) in [6.07, 6.45) is 4.36. The van der Waals surface area contributed by atoms with Crippen LogP contribution in [0.3, 0.4) is 0 Å². The van der Waals surface area contributed by atoms with Crippen molar-refractivity contribution in [1.29, 1.82) is 0 Å². The summed E-state index contributed by atoms with van der Waals surface area (Å²) in [4.78, 5) is 33.7. The van der Waals surface area contributed by atoms with Crippen molar-refractivity contribution in [2.75, 3.05) is 5.32 Å². The first-order valence-corrected chi connectivity index (χ1v) is 6.92. The second kappa shape index (κ2) is 5.25. The van der Waals surface area contributed by atoms with Crippen LogP contribution >= 0.6 is 0 Å². The number of carboxylic acid groups (broad SMARTS) is 1. The number of non-ortho nitro benzene ring substituents is 1. The molecule has 0 heterocycles. The Kier molecular flexibility index (Phi) is 3.40. The summed E-state index contributed by atoms with van der Waals surface area (Å²) in [6, 6.07) is 5.42. The minimum Gasteiger partial charge on any atom is -0.550 e. The van der Waals surface area contributed by atoms with Gasteiger partial charge in [0.25, 0.3) is 5.69 Å². The number of rotatable bonds is 4. The third kappa shape index (κ3) is 2.34. The quantitative estimate of drug-likeness (QED) is 0.500. The highest BCUT2D eigenvalue weighted by Crippen LogP contribution is 2.48. The van der Waals surface area contributed by atoms with Gasteiger partial charge in [-0.1, -0.05) is 12.2 Å². The largest absolute Gasteiger partial charge is 0.550 e. The van der Waals surface area contributed by atoms with E-state index < -0.39 is 22.7 Å². The van der Waals surface area contributed by atoms with Crippen LogP contribution in [0.25, 0.3) is 0 Å². The van der Waals surface area contributed by atoms with Crippen molar-refractivity contribution in [3.63, 3.8) is 0 Å². The number of anilines is 1. The first-order valence-electron chi connectivity index (χ1n) is 6.92. The third-order valence-corrected chi connectivity index (χ3v) is 4.38. The zero-order valence-corrected chi connectivity index (χ0v) is 11.5. The fraction of sp³-hybridized carbons (Fsp3) is 0.333. The molecular formula is C15H13N2O5-. The number of benzene rings is 1. The Labute approximate surface area is 125 Å². The Morgan fingerprint density at radius 2 is 1.68 bits per heavy atom. The second-order valence-electron chi connectivity index (χ2n) is 5.61. The van der Waals surface area contributed by atoms with Gasteiger partial charge in [0.15, 0.2) is 0 Å². The van der Waals surface area contributed by atoms with Gasteiger partial charge in [-0.15, -0.1) is 0 Å². The minimum absolute atomic E-state index is 0.0755. The molecule has 1 fully saturated rings. The van der Waals surface area contributed by atoms with Crippen LogP contribution < -0.4 is 10.4 Å². The molecule has 1 saturated carbocycles. The van der Waals surface area contributed by atoms with E-state index in [0.29, 0.717) is 12.1 Å². The number of carbonyl (C=O) groups excluding carboxylic acids is 2. The van der Waals surface area contributed by atoms with E-state index >= 15 is 0 Å². The predicted molar refractivity (Wildman–Crippen MR) is 74.5 cm³/mol. The van der Waals surface area contributed by atoms with Gasteiger partial charge in [-0.3, -0.25) is 14.9 Å². The number of amides is 1. The molecule has 2 bridgehead atoms. The first-order chi connectivity index (χ1) is 10.5. The van der Waals surface area contributed by atoms with Crippen molar-refractivity contribution in [3.05, 3.63) is 46.5 Å². The highest BCUT2D eigenvalue weighted by atomic mass is 16.6. The fourth-order valence-electron chi connectivity index (χ4n) is 3.39. The van der Waals surface area contributed by atoms with E-state index in [4.69, 9.17) is 0 Å². The first kappa shape index (κ1) is 14.2. The summed E-state index contributed by atoms with van der Waals surface area (Å²) in [6.45, 7) is 0. The summed E-state index contributed by atoms with van der Waals surface area (Å²) in [5.74, 6) is -3.31. The smallest absolute Gasteiger partial charge is 0.269 e. The van der Waals surface area contributed by atoms with E-state index in [1.165, 1.54) is 24.3 Å². The van der Waals surface area contributed by atoms with Gasteiger partial charge < -0.3 is 15.2 Å². The van der Waals surface area contributed by atoms with Crippen molar-refractivity contribution in [1.82, 2.24) is 0 Å². The van der Waals surface area contributed by atoms with Crippen molar-refractivity contribution < 1.29 is 19.6 Å². The number of allylic oxidation sites excluding steroid dienone is 2. The number of nitrogens with one attached hydrogen (secondary N) is 1. The Morgan fingerprint density at radius 3 is 2.23 bits per heavy atom. The number of hydrogen-bond acceptors (Lipinski definition) is 5. The van der Waals surface area contributed by atoms with Crippen molar-refractivity contribution >= 4 is 23.3 Å². The number of aliphatic carboxylic acids is 1. The molecule has 0 unspecified atom stereocenters. The van der Waals surface area contributed by atoms with Crippen LogP contribution in [0.1, 0.15) is 6.42 Å². The van der Waals surface area contributed by atoms with Crippen LogP contribution in [0.2, 0.25) is 0 Å². The van der Waals surface area contributed by atoms with E-state index in [9.17, 15) is 24.8 Å². The van der Waals surface area contributed by atoms with Gasteiger partial charge in [0, 0.05) is 29.7 Å². The van der Waals surface area contributed by atoms with Crippen LogP contribution in [-0.4, -0.2) is 16.8 Å². The van der Waals surface area contributed by atoms with Crippen LogP contribution in [-0.2, 0) is 9.59 Å². The minimum atomic E-state index is -1.21. The van der Waals surface area contributed by atoms with E-state index in [2.05, 4.69) is 5.32 Å². The molecule has 2 aliphatic carbocycles. The maximum atomic E-state index is 12.4. The summed E-state index contributed by atoms with van der Waals surface area (Å²) >= 11 is 0. The standard InChI is InChI=1S/C15H14N2O5/c18-14(16-10-3-5-11(6-4-10)17(21)22)12-8-1-2-9(7-8)13(12)15(19)20/h1-6,8-9,12-13H,7H2,(H,16,18)(H,19,20)/p-1/t8-,9+,12-,13+/m1/s1. The summed E-state index contributed by atoms with van der Waals surface area (Å²) in [5.41, 5.74) is 0.327. The number of fused-ring (bicyclic) bond motifs is 2. The lowest BCUT2D eigenvalue weighted by Gasteiger charge is -2.27. The van der Waals surface area contributed by atoms with Gasteiger partial charge in [-0.25, -0.2) is 0 Å². The van der Waals surface area contributed by atoms with Crippen molar-refractivity contribution in [3.8, 4) is 0 Å². The van der Waals surface area contributed by atoms with E-state index in [-0.39, 0.29) is 23.4 Å². The highest BCUT2D eigenvalue weighted by Gasteiger charge is 2.48. The normalized spacial score (nSPS) is 28.5. The number of nitro benzene ring substituents is 1. The van der Waals surface area contributed by atoms with Gasteiger partial charge in [0.1, 0.15) is 0 Å². The third-order valence-electron chi connectivity index (χ3n) is 4.38. The maximum absolute atomic E-state index is 12.4. The van der Waals surface area contributed by atoms with Gasteiger partial charge in [-0.2, -0.15) is 0 Å². The lowest BCUT2D eigenvalue weighted by Crippen LogP contribution is -2.42. The van der Waals surface area contributed by atoms with Crippen molar-refractivity contribution in [2.45, 2.75) is 6.42 Å². The number of carbonyl (C=O) groups is 2. The predicted octanol–water partition coefficient (Wildman–Crippen LogP) is 0.721. The average molecular weight is 301 g/mol. The molecule has 0 aromatic heterocycles. The molecule has 0 spiro atoms.